The van der Waals surface area contributed by atoms with Crippen molar-refractivity contribution in [1.82, 2.24) is 19.4 Å². The van der Waals surface area contributed by atoms with Crippen LogP contribution >= 0.6 is 0 Å². The summed E-state index contributed by atoms with van der Waals surface area (Å²) in [5, 5.41) is 17.9. The number of aromatic nitrogens is 3. The highest BCUT2D eigenvalue weighted by molar-refractivity contribution is 5.78. The van der Waals surface area contributed by atoms with Crippen molar-refractivity contribution in [3.05, 3.63) is 88.4 Å². The standard InChI is InChI=1S/C26H28FN7O2/c27-20-9-7-19(8-10-20)18-33-23-5-2-1-4-22(23)31-26(33)30-21-11-15-32(16-12-21)17-14-29-25-24(34(35)36)6-3-13-28-25/h1-10,13,21H,11-12,14-18H2,(H,28,29)(H,30,31). The molecule has 186 valence electrons. The summed E-state index contributed by atoms with van der Waals surface area (Å²) in [7, 11) is 0. The Morgan fingerprint density at radius 2 is 1.83 bits per heavy atom. The normalized spacial score (nSPS) is 14.7. The average Bonchev–Trinajstić information content (AvgIpc) is 3.23. The highest BCUT2D eigenvalue weighted by Crippen LogP contribution is 2.24. The molecule has 5 rings (SSSR count). The molecule has 2 aromatic carbocycles. The number of benzene rings is 2. The molecule has 0 radical (unpaired) electrons. The number of hydrogen-bond acceptors (Lipinski definition) is 7. The van der Waals surface area contributed by atoms with Crippen molar-refractivity contribution in [2.24, 2.45) is 0 Å². The lowest BCUT2D eigenvalue weighted by Gasteiger charge is -2.32. The third-order valence-corrected chi connectivity index (χ3v) is 6.53. The number of halogens is 1. The van der Waals surface area contributed by atoms with Crippen LogP contribution in [0.5, 0.6) is 0 Å². The van der Waals surface area contributed by atoms with Gasteiger partial charge in [-0.3, -0.25) is 10.1 Å². The lowest BCUT2D eigenvalue weighted by molar-refractivity contribution is -0.384. The third-order valence-electron chi connectivity index (χ3n) is 6.53. The summed E-state index contributed by atoms with van der Waals surface area (Å²) in [6.45, 7) is 3.81. The van der Waals surface area contributed by atoms with Gasteiger partial charge in [0.15, 0.2) is 0 Å². The van der Waals surface area contributed by atoms with E-state index in [1.165, 1.54) is 18.2 Å². The minimum atomic E-state index is -0.421. The van der Waals surface area contributed by atoms with E-state index in [2.05, 4.69) is 31.2 Å². The maximum atomic E-state index is 13.4. The summed E-state index contributed by atoms with van der Waals surface area (Å²) in [5.41, 5.74) is 2.97. The molecule has 2 N–H and O–H groups in total. The topological polar surface area (TPSA) is 101 Å². The molecule has 0 bridgehead atoms. The Labute approximate surface area is 208 Å². The Kier molecular flexibility index (Phi) is 7.03. The van der Waals surface area contributed by atoms with Crippen molar-refractivity contribution in [3.8, 4) is 0 Å². The molecule has 9 nitrogen and oxygen atoms in total. The number of pyridine rings is 1. The van der Waals surface area contributed by atoms with Crippen LogP contribution < -0.4 is 10.6 Å². The summed E-state index contributed by atoms with van der Waals surface area (Å²) in [6.07, 6.45) is 3.48. The number of rotatable bonds is 9. The van der Waals surface area contributed by atoms with Gasteiger partial charge in [-0.05, 0) is 48.7 Å². The zero-order valence-electron chi connectivity index (χ0n) is 19.8. The molecule has 4 aromatic rings. The summed E-state index contributed by atoms with van der Waals surface area (Å²) >= 11 is 0. The molecule has 0 atom stereocenters. The molecule has 10 heteroatoms. The molecule has 1 saturated heterocycles. The number of para-hydroxylation sites is 2. The summed E-state index contributed by atoms with van der Waals surface area (Å²) in [4.78, 5) is 22.0. The Balaban J connectivity index is 1.18. The van der Waals surface area contributed by atoms with Crippen LogP contribution in [-0.4, -0.2) is 56.6 Å². The quantitative estimate of drug-likeness (QED) is 0.263. The van der Waals surface area contributed by atoms with E-state index >= 15 is 0 Å². The highest BCUT2D eigenvalue weighted by Gasteiger charge is 2.22. The second-order valence-electron chi connectivity index (χ2n) is 8.95. The van der Waals surface area contributed by atoms with Gasteiger partial charge in [0.05, 0.1) is 22.5 Å². The number of fused-ring (bicyclic) bond motifs is 1. The molecule has 0 amide bonds. The van der Waals surface area contributed by atoms with E-state index in [1.807, 2.05) is 18.2 Å². The summed E-state index contributed by atoms with van der Waals surface area (Å²) in [6, 6.07) is 17.9. The van der Waals surface area contributed by atoms with Gasteiger partial charge >= 0.3 is 5.69 Å². The number of likely N-dealkylation sites (tertiary alicyclic amines) is 1. The molecule has 0 unspecified atom stereocenters. The van der Waals surface area contributed by atoms with E-state index in [0.29, 0.717) is 18.9 Å². The van der Waals surface area contributed by atoms with E-state index in [-0.39, 0.29) is 17.5 Å². The minimum absolute atomic E-state index is 0.0102. The number of anilines is 2. The van der Waals surface area contributed by atoms with Gasteiger partial charge in [-0.2, -0.15) is 0 Å². The van der Waals surface area contributed by atoms with Gasteiger partial charge in [0.1, 0.15) is 5.82 Å². The molecule has 0 spiro atoms. The first-order valence-corrected chi connectivity index (χ1v) is 12.1. The van der Waals surface area contributed by atoms with Crippen LogP contribution in [0.3, 0.4) is 0 Å². The number of nitro groups is 1. The van der Waals surface area contributed by atoms with Crippen LogP contribution in [0, 0.1) is 15.9 Å². The first kappa shape index (κ1) is 23.7. The Morgan fingerprint density at radius 3 is 2.61 bits per heavy atom. The molecule has 36 heavy (non-hydrogen) atoms. The molecule has 1 aliphatic rings. The number of nitrogens with one attached hydrogen (secondary N) is 2. The van der Waals surface area contributed by atoms with Crippen molar-refractivity contribution in [1.29, 1.82) is 0 Å². The van der Waals surface area contributed by atoms with Crippen molar-refractivity contribution in [2.75, 3.05) is 36.8 Å². The molecule has 1 fully saturated rings. The maximum Gasteiger partial charge on any atom is 0.311 e. The van der Waals surface area contributed by atoms with Crippen LogP contribution in [-0.2, 0) is 6.54 Å². The molecule has 3 heterocycles. The number of piperidine rings is 1. The molecular formula is C26H28FN7O2. The van der Waals surface area contributed by atoms with Crippen LogP contribution in [0.2, 0.25) is 0 Å². The van der Waals surface area contributed by atoms with E-state index in [1.54, 1.807) is 24.4 Å². The number of nitrogens with zero attached hydrogens (tertiary/aromatic N) is 5. The van der Waals surface area contributed by atoms with E-state index in [9.17, 15) is 14.5 Å². The third kappa shape index (κ3) is 5.44. The Morgan fingerprint density at radius 1 is 1.06 bits per heavy atom. The fourth-order valence-corrected chi connectivity index (χ4v) is 4.61. The maximum absolute atomic E-state index is 13.4. The van der Waals surface area contributed by atoms with Crippen LogP contribution in [0.4, 0.5) is 21.8 Å². The van der Waals surface area contributed by atoms with Gasteiger partial charge in [0.2, 0.25) is 11.8 Å². The van der Waals surface area contributed by atoms with Gasteiger partial charge in [-0.25, -0.2) is 14.4 Å². The first-order chi connectivity index (χ1) is 17.6. The molecule has 0 saturated carbocycles. The zero-order valence-corrected chi connectivity index (χ0v) is 19.8. The molecule has 1 aliphatic heterocycles. The molecule has 2 aromatic heterocycles. The lowest BCUT2D eigenvalue weighted by Crippen LogP contribution is -2.41. The average molecular weight is 490 g/mol. The van der Waals surface area contributed by atoms with E-state index in [0.717, 1.165) is 55.0 Å². The Bertz CT molecular complexity index is 1330. The van der Waals surface area contributed by atoms with Crippen molar-refractivity contribution in [2.45, 2.75) is 25.4 Å². The fraction of sp³-hybridized carbons (Fsp3) is 0.308. The van der Waals surface area contributed by atoms with Crippen molar-refractivity contribution < 1.29 is 9.31 Å². The van der Waals surface area contributed by atoms with Crippen LogP contribution in [0.1, 0.15) is 18.4 Å². The highest BCUT2D eigenvalue weighted by atomic mass is 19.1. The Hall–Kier alpha value is -4.05. The lowest BCUT2D eigenvalue weighted by atomic mass is 10.1. The predicted octanol–water partition coefficient (Wildman–Crippen LogP) is 4.52. The van der Waals surface area contributed by atoms with E-state index in [4.69, 9.17) is 4.98 Å². The smallest absolute Gasteiger partial charge is 0.311 e. The van der Waals surface area contributed by atoms with E-state index < -0.39 is 4.92 Å². The van der Waals surface area contributed by atoms with Gasteiger partial charge in [-0.1, -0.05) is 24.3 Å². The van der Waals surface area contributed by atoms with Crippen LogP contribution in [0.25, 0.3) is 11.0 Å². The number of hydrogen-bond donors (Lipinski definition) is 2. The molecular weight excluding hydrogens is 461 g/mol. The molecule has 0 aliphatic carbocycles. The summed E-state index contributed by atoms with van der Waals surface area (Å²) in [5.74, 6) is 0.884. The van der Waals surface area contributed by atoms with Gasteiger partial charge < -0.3 is 20.1 Å². The zero-order chi connectivity index (χ0) is 24.9. The predicted molar refractivity (Wildman–Crippen MR) is 138 cm³/mol. The second-order valence-corrected chi connectivity index (χ2v) is 8.95. The monoisotopic (exact) mass is 489 g/mol. The van der Waals surface area contributed by atoms with Crippen LogP contribution in [0.15, 0.2) is 66.9 Å². The van der Waals surface area contributed by atoms with Gasteiger partial charge in [0, 0.05) is 44.5 Å². The van der Waals surface area contributed by atoms with Gasteiger partial charge in [0.25, 0.3) is 0 Å². The second kappa shape index (κ2) is 10.7. The first-order valence-electron chi connectivity index (χ1n) is 12.1. The SMILES string of the molecule is O=[N+]([O-])c1cccnc1NCCN1CCC(Nc2nc3ccccc3n2Cc2ccc(F)cc2)CC1. The fourth-order valence-electron chi connectivity index (χ4n) is 4.61. The minimum Gasteiger partial charge on any atom is -0.363 e. The number of imidazole rings is 1. The summed E-state index contributed by atoms with van der Waals surface area (Å²) < 4.78 is 15.5. The largest absolute Gasteiger partial charge is 0.363 e. The van der Waals surface area contributed by atoms with Crippen molar-refractivity contribution in [3.63, 3.8) is 0 Å². The van der Waals surface area contributed by atoms with Gasteiger partial charge in [-0.15, -0.1) is 0 Å². The van der Waals surface area contributed by atoms with Crippen molar-refractivity contribution >= 4 is 28.5 Å².